The highest BCUT2D eigenvalue weighted by molar-refractivity contribution is 4.69. The summed E-state index contributed by atoms with van der Waals surface area (Å²) in [5.41, 5.74) is 0. The number of alkyl halides is 3. The summed E-state index contributed by atoms with van der Waals surface area (Å²) in [4.78, 5) is 1.45. The molecule has 1 heterocycles. The Hall–Kier alpha value is -0.330. The third-order valence-corrected chi connectivity index (χ3v) is 3.34. The molecular formula is C13H25F3N2O. The summed E-state index contributed by atoms with van der Waals surface area (Å²) in [5, 5.41) is 3.25. The highest BCUT2D eigenvalue weighted by Gasteiger charge is 2.31. The summed E-state index contributed by atoms with van der Waals surface area (Å²) in [6.07, 6.45) is -1.21. The van der Waals surface area contributed by atoms with E-state index in [0.29, 0.717) is 19.6 Å². The summed E-state index contributed by atoms with van der Waals surface area (Å²) in [6, 6.07) is -0.0968. The Morgan fingerprint density at radius 1 is 1.26 bits per heavy atom. The van der Waals surface area contributed by atoms with Gasteiger partial charge in [0, 0.05) is 19.2 Å². The van der Waals surface area contributed by atoms with Gasteiger partial charge in [-0.2, -0.15) is 13.2 Å². The molecule has 0 amide bonds. The molecule has 0 aromatic heterocycles. The van der Waals surface area contributed by atoms with Crippen molar-refractivity contribution in [3.8, 4) is 0 Å². The SMILES string of the molecule is CC(C)N(CCCOC1CCNCC1)CC(F)(F)F. The fourth-order valence-corrected chi connectivity index (χ4v) is 2.23. The van der Waals surface area contributed by atoms with E-state index in [1.165, 1.54) is 4.90 Å². The topological polar surface area (TPSA) is 24.5 Å². The second kappa shape index (κ2) is 8.07. The van der Waals surface area contributed by atoms with Gasteiger partial charge in [0.15, 0.2) is 0 Å². The van der Waals surface area contributed by atoms with E-state index in [2.05, 4.69) is 5.32 Å². The lowest BCUT2D eigenvalue weighted by Crippen LogP contribution is -2.40. The number of halogens is 3. The number of piperidine rings is 1. The number of hydrogen-bond acceptors (Lipinski definition) is 3. The summed E-state index contributed by atoms with van der Waals surface area (Å²) in [7, 11) is 0. The van der Waals surface area contributed by atoms with E-state index in [1.54, 1.807) is 13.8 Å². The molecule has 6 heteroatoms. The molecule has 0 atom stereocenters. The molecule has 3 nitrogen and oxygen atoms in total. The molecule has 0 spiro atoms. The number of nitrogens with one attached hydrogen (secondary N) is 1. The van der Waals surface area contributed by atoms with Gasteiger partial charge >= 0.3 is 6.18 Å². The minimum atomic E-state index is -4.12. The molecule has 1 aliphatic rings. The van der Waals surface area contributed by atoms with Gasteiger partial charge in [-0.25, -0.2) is 0 Å². The van der Waals surface area contributed by atoms with Crippen LogP contribution in [0.15, 0.2) is 0 Å². The molecule has 0 radical (unpaired) electrons. The molecule has 1 N–H and O–H groups in total. The third kappa shape index (κ3) is 7.74. The molecule has 1 rings (SSSR count). The second-order valence-electron chi connectivity index (χ2n) is 5.35. The van der Waals surface area contributed by atoms with Crippen molar-refractivity contribution in [3.63, 3.8) is 0 Å². The molecule has 1 aliphatic heterocycles. The number of rotatable bonds is 7. The monoisotopic (exact) mass is 282 g/mol. The summed E-state index contributed by atoms with van der Waals surface area (Å²) < 4.78 is 42.9. The molecule has 1 fully saturated rings. The molecule has 0 unspecified atom stereocenters. The van der Waals surface area contributed by atoms with Crippen LogP contribution in [0.5, 0.6) is 0 Å². The van der Waals surface area contributed by atoms with Crippen molar-refractivity contribution in [1.29, 1.82) is 0 Å². The first kappa shape index (κ1) is 16.7. The zero-order valence-corrected chi connectivity index (χ0v) is 11.8. The number of ether oxygens (including phenoxy) is 1. The van der Waals surface area contributed by atoms with Crippen LogP contribution >= 0.6 is 0 Å². The van der Waals surface area contributed by atoms with Crippen LogP contribution in [0.1, 0.15) is 33.1 Å². The highest BCUT2D eigenvalue weighted by atomic mass is 19.4. The predicted molar refractivity (Wildman–Crippen MR) is 69.2 cm³/mol. The lowest BCUT2D eigenvalue weighted by atomic mass is 10.1. The van der Waals surface area contributed by atoms with Gasteiger partial charge in [-0.3, -0.25) is 4.90 Å². The van der Waals surface area contributed by atoms with E-state index >= 15 is 0 Å². The Kier molecular flexibility index (Phi) is 7.10. The van der Waals surface area contributed by atoms with Gasteiger partial charge < -0.3 is 10.1 Å². The minimum absolute atomic E-state index is 0.0968. The van der Waals surface area contributed by atoms with Gasteiger partial charge in [-0.15, -0.1) is 0 Å². The van der Waals surface area contributed by atoms with Gasteiger partial charge in [0.05, 0.1) is 12.6 Å². The van der Waals surface area contributed by atoms with Crippen molar-refractivity contribution >= 4 is 0 Å². The Labute approximate surface area is 113 Å². The Morgan fingerprint density at radius 3 is 2.42 bits per heavy atom. The minimum Gasteiger partial charge on any atom is -0.378 e. The van der Waals surface area contributed by atoms with Crippen molar-refractivity contribution in [1.82, 2.24) is 10.2 Å². The first-order valence-corrected chi connectivity index (χ1v) is 7.01. The van der Waals surface area contributed by atoms with Crippen LogP contribution in [-0.2, 0) is 4.74 Å². The Balaban J connectivity index is 2.17. The van der Waals surface area contributed by atoms with Gasteiger partial charge in [0.2, 0.25) is 0 Å². The first-order valence-electron chi connectivity index (χ1n) is 7.01. The molecule has 0 saturated carbocycles. The maximum Gasteiger partial charge on any atom is 0.401 e. The van der Waals surface area contributed by atoms with E-state index < -0.39 is 12.7 Å². The van der Waals surface area contributed by atoms with Crippen LogP contribution in [0.2, 0.25) is 0 Å². The Bertz CT molecular complexity index is 241. The van der Waals surface area contributed by atoms with Crippen LogP contribution in [0.25, 0.3) is 0 Å². The van der Waals surface area contributed by atoms with Gasteiger partial charge in [0.25, 0.3) is 0 Å². The van der Waals surface area contributed by atoms with Crippen molar-refractivity contribution in [2.45, 2.75) is 51.4 Å². The van der Waals surface area contributed by atoms with Gasteiger partial charge in [-0.05, 0) is 46.2 Å². The predicted octanol–water partition coefficient (Wildman–Crippen LogP) is 2.42. The lowest BCUT2D eigenvalue weighted by molar-refractivity contribution is -0.150. The Morgan fingerprint density at radius 2 is 1.89 bits per heavy atom. The molecule has 0 bridgehead atoms. The number of nitrogens with zero attached hydrogens (tertiary/aromatic N) is 1. The van der Waals surface area contributed by atoms with Crippen molar-refractivity contribution in [2.24, 2.45) is 0 Å². The maximum atomic E-state index is 12.4. The number of hydrogen-bond donors (Lipinski definition) is 1. The normalized spacial score (nSPS) is 18.5. The van der Waals surface area contributed by atoms with Crippen LogP contribution in [-0.4, -0.2) is 56.0 Å². The van der Waals surface area contributed by atoms with Crippen molar-refractivity contribution in [2.75, 3.05) is 32.8 Å². The molecule has 1 saturated heterocycles. The van der Waals surface area contributed by atoms with Crippen LogP contribution in [0.3, 0.4) is 0 Å². The fraction of sp³-hybridized carbons (Fsp3) is 1.00. The van der Waals surface area contributed by atoms with E-state index in [4.69, 9.17) is 4.74 Å². The molecule has 0 aromatic rings. The van der Waals surface area contributed by atoms with E-state index in [0.717, 1.165) is 25.9 Å². The van der Waals surface area contributed by atoms with Gasteiger partial charge in [-0.1, -0.05) is 0 Å². The highest BCUT2D eigenvalue weighted by Crippen LogP contribution is 2.18. The van der Waals surface area contributed by atoms with Crippen molar-refractivity contribution < 1.29 is 17.9 Å². The smallest absolute Gasteiger partial charge is 0.378 e. The average Bonchev–Trinajstić information content (AvgIpc) is 2.32. The quantitative estimate of drug-likeness (QED) is 0.726. The first-order chi connectivity index (χ1) is 8.88. The maximum absolute atomic E-state index is 12.4. The van der Waals surface area contributed by atoms with Crippen LogP contribution in [0, 0.1) is 0 Å². The van der Waals surface area contributed by atoms with Crippen LogP contribution in [0.4, 0.5) is 13.2 Å². The molecule has 114 valence electrons. The second-order valence-corrected chi connectivity index (χ2v) is 5.35. The molecule has 19 heavy (non-hydrogen) atoms. The summed E-state index contributed by atoms with van der Waals surface area (Å²) >= 11 is 0. The van der Waals surface area contributed by atoms with Crippen molar-refractivity contribution in [3.05, 3.63) is 0 Å². The van der Waals surface area contributed by atoms with E-state index in [9.17, 15) is 13.2 Å². The molecule has 0 aliphatic carbocycles. The summed E-state index contributed by atoms with van der Waals surface area (Å²) in [6.45, 7) is 5.67. The molecule has 0 aromatic carbocycles. The largest absolute Gasteiger partial charge is 0.401 e. The third-order valence-electron chi connectivity index (χ3n) is 3.34. The fourth-order valence-electron chi connectivity index (χ4n) is 2.23. The zero-order chi connectivity index (χ0) is 14.3. The zero-order valence-electron chi connectivity index (χ0n) is 11.8. The van der Waals surface area contributed by atoms with E-state index in [-0.39, 0.29) is 12.1 Å². The van der Waals surface area contributed by atoms with Gasteiger partial charge in [0.1, 0.15) is 0 Å². The molecular weight excluding hydrogens is 257 g/mol. The van der Waals surface area contributed by atoms with Crippen LogP contribution < -0.4 is 5.32 Å². The average molecular weight is 282 g/mol. The van der Waals surface area contributed by atoms with E-state index in [1.807, 2.05) is 0 Å². The summed E-state index contributed by atoms with van der Waals surface area (Å²) in [5.74, 6) is 0. The lowest BCUT2D eigenvalue weighted by Gasteiger charge is -2.28. The standard InChI is InChI=1S/C13H25F3N2O/c1-11(2)18(10-13(14,15)16)8-3-9-19-12-4-6-17-7-5-12/h11-12,17H,3-10H2,1-2H3.